The molecular formula is C17H23NO3. The minimum absolute atomic E-state index is 0.102. The Morgan fingerprint density at radius 2 is 1.71 bits per heavy atom. The second-order valence-electron chi connectivity index (χ2n) is 5.98. The Kier molecular flexibility index (Phi) is 4.99. The van der Waals surface area contributed by atoms with Crippen molar-refractivity contribution in [3.8, 4) is 0 Å². The molecule has 0 radical (unpaired) electrons. The maximum Gasteiger partial charge on any atom is 0.307 e. The van der Waals surface area contributed by atoms with Gasteiger partial charge in [-0.25, -0.2) is 0 Å². The third-order valence-corrected chi connectivity index (χ3v) is 4.36. The predicted molar refractivity (Wildman–Crippen MR) is 80.8 cm³/mol. The van der Waals surface area contributed by atoms with Gasteiger partial charge in [0.05, 0.1) is 17.9 Å². The summed E-state index contributed by atoms with van der Waals surface area (Å²) in [6.07, 6.45) is 3.10. The molecule has 1 aromatic rings. The number of aliphatic carboxylic acids is 1. The fourth-order valence-corrected chi connectivity index (χ4v) is 3.00. The van der Waals surface area contributed by atoms with Crippen molar-refractivity contribution in [3.63, 3.8) is 0 Å². The first-order valence-electron chi connectivity index (χ1n) is 7.59. The van der Waals surface area contributed by atoms with Crippen molar-refractivity contribution in [3.05, 3.63) is 35.4 Å². The topological polar surface area (TPSA) is 66.4 Å². The van der Waals surface area contributed by atoms with Crippen LogP contribution in [-0.4, -0.2) is 17.0 Å². The summed E-state index contributed by atoms with van der Waals surface area (Å²) in [5, 5.41) is 12.2. The molecular weight excluding hydrogens is 266 g/mol. The number of carboxylic acids is 1. The normalized spacial score (nSPS) is 23.3. The summed E-state index contributed by atoms with van der Waals surface area (Å²) >= 11 is 0. The largest absolute Gasteiger partial charge is 0.481 e. The van der Waals surface area contributed by atoms with Crippen LogP contribution in [0.4, 0.5) is 0 Å². The van der Waals surface area contributed by atoms with Crippen LogP contribution in [0, 0.1) is 18.8 Å². The Bertz CT molecular complexity index is 509. The monoisotopic (exact) mass is 289 g/mol. The quantitative estimate of drug-likeness (QED) is 0.895. The highest BCUT2D eigenvalue weighted by Crippen LogP contribution is 2.31. The highest BCUT2D eigenvalue weighted by atomic mass is 16.4. The lowest BCUT2D eigenvalue weighted by molar-refractivity contribution is -0.149. The Labute approximate surface area is 125 Å². The van der Waals surface area contributed by atoms with Crippen LogP contribution < -0.4 is 5.32 Å². The van der Waals surface area contributed by atoms with Crippen LogP contribution in [0.3, 0.4) is 0 Å². The molecule has 2 rings (SSSR count). The van der Waals surface area contributed by atoms with Gasteiger partial charge in [-0.05, 0) is 32.3 Å². The van der Waals surface area contributed by atoms with Crippen LogP contribution in [0.25, 0.3) is 0 Å². The molecule has 4 heteroatoms. The van der Waals surface area contributed by atoms with E-state index in [1.807, 2.05) is 38.1 Å². The molecule has 21 heavy (non-hydrogen) atoms. The zero-order valence-corrected chi connectivity index (χ0v) is 12.6. The Hall–Kier alpha value is -1.84. The van der Waals surface area contributed by atoms with Crippen LogP contribution in [-0.2, 0) is 9.59 Å². The molecule has 0 bridgehead atoms. The van der Waals surface area contributed by atoms with E-state index in [2.05, 4.69) is 5.32 Å². The van der Waals surface area contributed by atoms with Gasteiger partial charge in [-0.3, -0.25) is 9.59 Å². The van der Waals surface area contributed by atoms with Crippen LogP contribution in [0.5, 0.6) is 0 Å². The SMILES string of the molecule is Cc1ccc([C@@H](C)NC(=O)[C@@H]2CCCC[C@@H]2C(=O)O)cc1. The maximum atomic E-state index is 12.4. The average molecular weight is 289 g/mol. The van der Waals surface area contributed by atoms with Crippen molar-refractivity contribution < 1.29 is 14.7 Å². The molecule has 0 unspecified atom stereocenters. The molecule has 0 saturated heterocycles. The summed E-state index contributed by atoms with van der Waals surface area (Å²) in [7, 11) is 0. The predicted octanol–water partition coefficient (Wildman–Crippen LogP) is 3.06. The summed E-state index contributed by atoms with van der Waals surface area (Å²) in [6.45, 7) is 3.95. The van der Waals surface area contributed by atoms with Gasteiger partial charge in [-0.1, -0.05) is 42.7 Å². The van der Waals surface area contributed by atoms with E-state index in [9.17, 15) is 14.7 Å². The van der Waals surface area contributed by atoms with E-state index in [0.29, 0.717) is 12.8 Å². The second kappa shape index (κ2) is 6.74. The molecule has 1 amide bonds. The fraction of sp³-hybridized carbons (Fsp3) is 0.529. The first-order valence-corrected chi connectivity index (χ1v) is 7.59. The maximum absolute atomic E-state index is 12.4. The molecule has 0 aliphatic heterocycles. The van der Waals surface area contributed by atoms with Crippen LogP contribution >= 0.6 is 0 Å². The number of carbonyl (C=O) groups is 2. The van der Waals surface area contributed by atoms with Gasteiger partial charge < -0.3 is 10.4 Å². The van der Waals surface area contributed by atoms with E-state index in [1.165, 1.54) is 5.56 Å². The first-order chi connectivity index (χ1) is 9.99. The molecule has 1 aromatic carbocycles. The Morgan fingerprint density at radius 3 is 2.29 bits per heavy atom. The van der Waals surface area contributed by atoms with Crippen LogP contribution in [0.2, 0.25) is 0 Å². The summed E-state index contributed by atoms with van der Waals surface area (Å²) in [5.41, 5.74) is 2.21. The van der Waals surface area contributed by atoms with Gasteiger partial charge in [0.2, 0.25) is 5.91 Å². The van der Waals surface area contributed by atoms with E-state index in [0.717, 1.165) is 18.4 Å². The van der Waals surface area contributed by atoms with Crippen molar-refractivity contribution in [2.24, 2.45) is 11.8 Å². The Balaban J connectivity index is 2.02. The zero-order valence-electron chi connectivity index (χ0n) is 12.6. The number of hydrogen-bond acceptors (Lipinski definition) is 2. The number of aryl methyl sites for hydroxylation is 1. The van der Waals surface area contributed by atoms with Gasteiger partial charge in [-0.2, -0.15) is 0 Å². The Morgan fingerprint density at radius 1 is 1.14 bits per heavy atom. The number of benzene rings is 1. The molecule has 0 heterocycles. The standard InChI is InChI=1S/C17H23NO3/c1-11-7-9-13(10-8-11)12(2)18-16(19)14-5-3-4-6-15(14)17(20)21/h7-10,12,14-15H,3-6H2,1-2H3,(H,18,19)(H,20,21)/t12-,14-,15+/m1/s1. The molecule has 4 nitrogen and oxygen atoms in total. The minimum atomic E-state index is -0.849. The third kappa shape index (κ3) is 3.84. The molecule has 1 aliphatic carbocycles. The van der Waals surface area contributed by atoms with Crippen LogP contribution in [0.1, 0.15) is 49.8 Å². The number of amides is 1. The number of carboxylic acid groups (broad SMARTS) is 1. The second-order valence-corrected chi connectivity index (χ2v) is 5.98. The highest BCUT2D eigenvalue weighted by molar-refractivity contribution is 5.85. The zero-order chi connectivity index (χ0) is 15.4. The number of rotatable bonds is 4. The smallest absolute Gasteiger partial charge is 0.307 e. The van der Waals surface area contributed by atoms with Crippen molar-refractivity contribution in [2.45, 2.75) is 45.6 Å². The molecule has 114 valence electrons. The minimum Gasteiger partial charge on any atom is -0.481 e. The van der Waals surface area contributed by atoms with Gasteiger partial charge in [-0.15, -0.1) is 0 Å². The van der Waals surface area contributed by atoms with Crippen molar-refractivity contribution >= 4 is 11.9 Å². The number of nitrogens with one attached hydrogen (secondary N) is 1. The lowest BCUT2D eigenvalue weighted by Gasteiger charge is -2.28. The number of carbonyl (C=O) groups excluding carboxylic acids is 1. The molecule has 0 aromatic heterocycles. The van der Waals surface area contributed by atoms with Crippen molar-refractivity contribution in [1.82, 2.24) is 5.32 Å². The summed E-state index contributed by atoms with van der Waals surface area (Å²) < 4.78 is 0. The fourth-order valence-electron chi connectivity index (χ4n) is 3.00. The first kappa shape index (κ1) is 15.5. The van der Waals surface area contributed by atoms with Crippen molar-refractivity contribution in [2.75, 3.05) is 0 Å². The lowest BCUT2D eigenvalue weighted by atomic mass is 9.78. The molecule has 3 atom stereocenters. The van der Waals surface area contributed by atoms with E-state index in [-0.39, 0.29) is 11.9 Å². The van der Waals surface area contributed by atoms with Gasteiger partial charge >= 0.3 is 5.97 Å². The van der Waals surface area contributed by atoms with E-state index in [1.54, 1.807) is 0 Å². The molecule has 2 N–H and O–H groups in total. The van der Waals surface area contributed by atoms with E-state index >= 15 is 0 Å². The molecule has 0 spiro atoms. The van der Waals surface area contributed by atoms with Crippen LogP contribution in [0.15, 0.2) is 24.3 Å². The average Bonchev–Trinajstić information content (AvgIpc) is 2.47. The van der Waals surface area contributed by atoms with E-state index in [4.69, 9.17) is 0 Å². The molecule has 1 fully saturated rings. The van der Waals surface area contributed by atoms with Gasteiger partial charge in [0.15, 0.2) is 0 Å². The summed E-state index contributed by atoms with van der Waals surface area (Å²) in [5.74, 6) is -1.92. The summed E-state index contributed by atoms with van der Waals surface area (Å²) in [4.78, 5) is 23.7. The summed E-state index contributed by atoms with van der Waals surface area (Å²) in [6, 6.07) is 7.91. The van der Waals surface area contributed by atoms with Gasteiger partial charge in [0, 0.05) is 0 Å². The lowest BCUT2D eigenvalue weighted by Crippen LogP contribution is -2.40. The third-order valence-electron chi connectivity index (χ3n) is 4.36. The van der Waals surface area contributed by atoms with Gasteiger partial charge in [0.25, 0.3) is 0 Å². The van der Waals surface area contributed by atoms with E-state index < -0.39 is 17.8 Å². The number of hydrogen-bond donors (Lipinski definition) is 2. The molecule has 1 aliphatic rings. The van der Waals surface area contributed by atoms with Crippen molar-refractivity contribution in [1.29, 1.82) is 0 Å². The molecule has 1 saturated carbocycles. The van der Waals surface area contributed by atoms with Gasteiger partial charge in [0.1, 0.15) is 0 Å². The highest BCUT2D eigenvalue weighted by Gasteiger charge is 2.36.